The summed E-state index contributed by atoms with van der Waals surface area (Å²) < 4.78 is 42.9. The van der Waals surface area contributed by atoms with Gasteiger partial charge < -0.3 is 14.9 Å². The molecular formula is C33H45F3N2O5. The standard InChI is InChI=1S/C16H19F3O.C15H20N2O4.C2H6/c17-16(18,19)14-9-5-10-15(12-14)20-11-4-3-8-13-6-1-2-7-13;1-2-3-4-5-6-15(18)16-11-13-7-9-14(10-8-13)12-21-17(19)20;1-2/h3,5,8-10,12-13H,1-2,4,6-7,11H2;2-3,7-10H,4-6,11-12H2,1H3,(H,16,18);1-2H3/b8-3+;3-2-;. The second-order valence-electron chi connectivity index (χ2n) is 9.69. The summed E-state index contributed by atoms with van der Waals surface area (Å²) in [5.41, 5.74) is 0.992. The second-order valence-corrected chi connectivity index (χ2v) is 9.69. The minimum atomic E-state index is -4.32. The first-order valence-electron chi connectivity index (χ1n) is 14.9. The molecule has 10 heteroatoms. The lowest BCUT2D eigenvalue weighted by atomic mass is 10.1. The van der Waals surface area contributed by atoms with Crippen molar-refractivity contribution in [2.45, 2.75) is 91.5 Å². The molecule has 0 aliphatic heterocycles. The van der Waals surface area contributed by atoms with E-state index in [9.17, 15) is 28.1 Å². The van der Waals surface area contributed by atoms with E-state index in [1.807, 2.05) is 45.1 Å². The first-order chi connectivity index (χ1) is 20.7. The quantitative estimate of drug-likeness (QED) is 0.100. The highest BCUT2D eigenvalue weighted by Gasteiger charge is 2.30. The maximum atomic E-state index is 12.5. The minimum absolute atomic E-state index is 0.0280. The molecular weight excluding hydrogens is 561 g/mol. The van der Waals surface area contributed by atoms with Crippen molar-refractivity contribution in [2.24, 2.45) is 5.92 Å². The summed E-state index contributed by atoms with van der Waals surface area (Å²) in [5, 5.41) is 12.1. The van der Waals surface area contributed by atoms with Crippen LogP contribution in [0, 0.1) is 16.0 Å². The molecule has 1 amide bonds. The molecule has 3 rings (SSSR count). The number of nitrogens with one attached hydrogen (secondary N) is 1. The molecule has 0 atom stereocenters. The Morgan fingerprint density at radius 1 is 1.05 bits per heavy atom. The number of nitrogens with zero attached hydrogens (tertiary/aromatic N) is 1. The van der Waals surface area contributed by atoms with Gasteiger partial charge in [-0.3, -0.25) is 4.79 Å². The third kappa shape index (κ3) is 17.7. The maximum absolute atomic E-state index is 12.5. The van der Waals surface area contributed by atoms with E-state index in [0.717, 1.165) is 37.0 Å². The summed E-state index contributed by atoms with van der Waals surface area (Å²) in [5.74, 6) is 0.984. The van der Waals surface area contributed by atoms with Crippen LogP contribution in [0.3, 0.4) is 0 Å². The van der Waals surface area contributed by atoms with Crippen molar-refractivity contribution in [1.82, 2.24) is 5.32 Å². The van der Waals surface area contributed by atoms with E-state index in [4.69, 9.17) is 4.74 Å². The molecule has 1 fully saturated rings. The molecule has 43 heavy (non-hydrogen) atoms. The topological polar surface area (TPSA) is 90.7 Å². The number of alkyl halides is 3. The Morgan fingerprint density at radius 2 is 1.72 bits per heavy atom. The molecule has 7 nitrogen and oxygen atoms in total. The van der Waals surface area contributed by atoms with Gasteiger partial charge in [-0.25, -0.2) is 0 Å². The average molecular weight is 607 g/mol. The molecule has 0 unspecified atom stereocenters. The van der Waals surface area contributed by atoms with Crippen molar-refractivity contribution >= 4 is 5.91 Å². The summed E-state index contributed by atoms with van der Waals surface area (Å²) in [4.78, 5) is 25.9. The van der Waals surface area contributed by atoms with E-state index in [1.54, 1.807) is 18.2 Å². The first-order valence-corrected chi connectivity index (χ1v) is 14.9. The van der Waals surface area contributed by atoms with Crippen LogP contribution < -0.4 is 10.1 Å². The Kier molecular flexibility index (Phi) is 18.9. The van der Waals surface area contributed by atoms with Crippen molar-refractivity contribution in [3.8, 4) is 5.75 Å². The summed E-state index contributed by atoms with van der Waals surface area (Å²) in [6.45, 7) is 6.76. The Bertz CT molecular complexity index is 1110. The van der Waals surface area contributed by atoms with Crippen LogP contribution in [0.1, 0.15) is 88.8 Å². The molecule has 0 spiro atoms. The van der Waals surface area contributed by atoms with Crippen molar-refractivity contribution in [1.29, 1.82) is 0 Å². The Morgan fingerprint density at radius 3 is 2.35 bits per heavy atom. The Hall–Kier alpha value is -3.82. The molecule has 1 saturated carbocycles. The number of benzene rings is 2. The number of hydrogen-bond donors (Lipinski definition) is 1. The highest BCUT2D eigenvalue weighted by molar-refractivity contribution is 5.75. The Balaban J connectivity index is 0.000000407. The van der Waals surface area contributed by atoms with E-state index < -0.39 is 16.8 Å². The molecule has 1 aliphatic carbocycles. The van der Waals surface area contributed by atoms with Crippen molar-refractivity contribution in [2.75, 3.05) is 6.61 Å². The number of hydrogen-bond acceptors (Lipinski definition) is 5. The van der Waals surface area contributed by atoms with Crippen LogP contribution in [0.5, 0.6) is 5.75 Å². The predicted molar refractivity (Wildman–Crippen MR) is 163 cm³/mol. The lowest BCUT2D eigenvalue weighted by Crippen LogP contribution is -2.22. The van der Waals surface area contributed by atoms with Gasteiger partial charge in [0.2, 0.25) is 5.91 Å². The second kappa shape index (κ2) is 21.8. The summed E-state index contributed by atoms with van der Waals surface area (Å²) in [6, 6.07) is 12.1. The van der Waals surface area contributed by atoms with Crippen LogP contribution in [-0.4, -0.2) is 17.6 Å². The molecule has 2 aromatic rings. The van der Waals surface area contributed by atoms with Crippen LogP contribution in [0.2, 0.25) is 0 Å². The van der Waals surface area contributed by atoms with Crippen LogP contribution >= 0.6 is 0 Å². The van der Waals surface area contributed by atoms with Gasteiger partial charge >= 0.3 is 6.18 Å². The van der Waals surface area contributed by atoms with Gasteiger partial charge in [-0.2, -0.15) is 13.2 Å². The van der Waals surface area contributed by atoms with E-state index in [1.165, 1.54) is 31.7 Å². The van der Waals surface area contributed by atoms with Gasteiger partial charge in [0.05, 0.1) is 12.2 Å². The smallest absolute Gasteiger partial charge is 0.416 e. The van der Waals surface area contributed by atoms with Gasteiger partial charge in [0, 0.05) is 13.0 Å². The summed E-state index contributed by atoms with van der Waals surface area (Å²) in [6.07, 6.45) is 12.1. The predicted octanol–water partition coefficient (Wildman–Crippen LogP) is 9.00. The Labute approximate surface area is 253 Å². The molecule has 0 heterocycles. The zero-order chi connectivity index (χ0) is 31.9. The van der Waals surface area contributed by atoms with Crippen molar-refractivity contribution < 1.29 is 32.6 Å². The lowest BCUT2D eigenvalue weighted by Gasteiger charge is -2.09. The van der Waals surface area contributed by atoms with Gasteiger partial charge in [-0.1, -0.05) is 81.3 Å². The zero-order valence-corrected chi connectivity index (χ0v) is 25.4. The molecule has 238 valence electrons. The normalized spacial score (nSPS) is 13.2. The number of rotatable bonds is 14. The maximum Gasteiger partial charge on any atom is 0.416 e. The van der Waals surface area contributed by atoms with E-state index in [0.29, 0.717) is 31.1 Å². The van der Waals surface area contributed by atoms with E-state index in [2.05, 4.69) is 22.3 Å². The molecule has 0 radical (unpaired) electrons. The lowest BCUT2D eigenvalue weighted by molar-refractivity contribution is -0.763. The minimum Gasteiger partial charge on any atom is -0.493 e. The highest BCUT2D eigenvalue weighted by Crippen LogP contribution is 2.31. The number of amides is 1. The number of carbonyl (C=O) groups is 1. The van der Waals surface area contributed by atoms with Crippen LogP contribution in [-0.2, 0) is 29.0 Å². The number of carbonyl (C=O) groups excluding carboxylic acids is 1. The SMILES string of the molecule is C/C=C\CCCC(=O)NCc1ccc(CO[N+](=O)[O-])cc1.CC.FC(F)(F)c1cccc(OCC/C=C/C2CCCC2)c1. The fraction of sp³-hybridized carbons (Fsp3) is 0.485. The first kappa shape index (κ1) is 37.2. The molecule has 0 bridgehead atoms. The van der Waals surface area contributed by atoms with Gasteiger partial charge in [0.15, 0.2) is 0 Å². The van der Waals surface area contributed by atoms with Crippen molar-refractivity contribution in [3.05, 3.63) is 99.6 Å². The van der Waals surface area contributed by atoms with Crippen LogP contribution in [0.15, 0.2) is 72.8 Å². The molecule has 1 aliphatic rings. The molecule has 1 N–H and O–H groups in total. The number of halogens is 3. The highest BCUT2D eigenvalue weighted by atomic mass is 19.4. The number of allylic oxidation sites excluding steroid dienone is 3. The third-order valence-corrected chi connectivity index (χ3v) is 6.38. The molecule has 0 aromatic heterocycles. The fourth-order valence-corrected chi connectivity index (χ4v) is 4.16. The van der Waals surface area contributed by atoms with Crippen LogP contribution in [0.4, 0.5) is 13.2 Å². The number of unbranched alkanes of at least 4 members (excludes halogenated alkanes) is 1. The summed E-state index contributed by atoms with van der Waals surface area (Å²) >= 11 is 0. The summed E-state index contributed by atoms with van der Waals surface area (Å²) in [7, 11) is 0. The third-order valence-electron chi connectivity index (χ3n) is 6.38. The zero-order valence-electron chi connectivity index (χ0n) is 25.4. The van der Waals surface area contributed by atoms with Crippen LogP contribution in [0.25, 0.3) is 0 Å². The monoisotopic (exact) mass is 606 g/mol. The molecule has 0 saturated heterocycles. The van der Waals surface area contributed by atoms with E-state index in [-0.39, 0.29) is 18.3 Å². The largest absolute Gasteiger partial charge is 0.493 e. The molecule has 2 aromatic carbocycles. The number of ether oxygens (including phenoxy) is 1. The van der Waals surface area contributed by atoms with Gasteiger partial charge in [0.25, 0.3) is 5.09 Å². The van der Waals surface area contributed by atoms with Gasteiger partial charge in [-0.05, 0) is 74.3 Å². The average Bonchev–Trinajstić information content (AvgIpc) is 3.52. The van der Waals surface area contributed by atoms with Gasteiger partial charge in [0.1, 0.15) is 12.4 Å². The van der Waals surface area contributed by atoms with Crippen molar-refractivity contribution in [3.63, 3.8) is 0 Å². The van der Waals surface area contributed by atoms with E-state index >= 15 is 0 Å². The fourth-order valence-electron chi connectivity index (χ4n) is 4.16. The van der Waals surface area contributed by atoms with Gasteiger partial charge in [-0.15, -0.1) is 10.1 Å².